The van der Waals surface area contributed by atoms with Gasteiger partial charge in [0.25, 0.3) is 0 Å². The molecule has 0 radical (unpaired) electrons. The van der Waals surface area contributed by atoms with Gasteiger partial charge in [-0.05, 0) is 25.0 Å². The zero-order valence-electron chi connectivity index (χ0n) is 9.90. The first-order valence-corrected chi connectivity index (χ1v) is 6.95. The first kappa shape index (κ1) is 11.7. The van der Waals surface area contributed by atoms with E-state index in [1.807, 2.05) is 6.07 Å². The van der Waals surface area contributed by atoms with Crippen LogP contribution >= 0.6 is 11.3 Å². The maximum absolute atomic E-state index is 13.6. The molecule has 1 saturated carbocycles. The van der Waals surface area contributed by atoms with Crippen LogP contribution in [0.2, 0.25) is 0 Å². The van der Waals surface area contributed by atoms with Crippen molar-refractivity contribution in [2.75, 3.05) is 6.54 Å². The normalized spacial score (nSPS) is 14.9. The summed E-state index contributed by atoms with van der Waals surface area (Å²) < 4.78 is 13.6. The highest BCUT2D eigenvalue weighted by Crippen LogP contribution is 2.26. The quantitative estimate of drug-likeness (QED) is 0.901. The molecule has 0 aliphatic heterocycles. The fraction of sp³-hybridized carbons (Fsp3) is 0.385. The molecule has 5 heteroatoms. The first-order valence-electron chi connectivity index (χ1n) is 6.13. The average Bonchev–Trinajstić information content (AvgIpc) is 3.08. The Morgan fingerprint density at radius 2 is 2.11 bits per heavy atom. The van der Waals surface area contributed by atoms with Crippen molar-refractivity contribution < 1.29 is 4.39 Å². The molecule has 94 valence electrons. The molecule has 0 saturated heterocycles. The summed E-state index contributed by atoms with van der Waals surface area (Å²) in [7, 11) is 0. The number of hydrogen-bond donors (Lipinski definition) is 1. The van der Waals surface area contributed by atoms with Crippen LogP contribution in [0, 0.1) is 5.82 Å². The van der Waals surface area contributed by atoms with Gasteiger partial charge < -0.3 is 5.32 Å². The Morgan fingerprint density at radius 3 is 2.89 bits per heavy atom. The zero-order valence-corrected chi connectivity index (χ0v) is 10.7. The second-order valence-corrected chi connectivity index (χ2v) is 5.52. The molecule has 0 amide bonds. The van der Waals surface area contributed by atoms with Gasteiger partial charge in [0.05, 0.1) is 0 Å². The summed E-state index contributed by atoms with van der Waals surface area (Å²) in [5, 5.41) is 13.2. The molecule has 0 atom stereocenters. The van der Waals surface area contributed by atoms with Crippen molar-refractivity contribution in [3.63, 3.8) is 0 Å². The molecule has 0 spiro atoms. The minimum Gasteiger partial charge on any atom is -0.314 e. The fourth-order valence-corrected chi connectivity index (χ4v) is 2.63. The Morgan fingerprint density at radius 1 is 1.28 bits per heavy atom. The molecule has 3 nitrogen and oxygen atoms in total. The standard InChI is InChI=1S/C13H14FN3S/c14-11-4-2-1-3-10(11)13-17-16-12(18-13)7-8-15-9-5-6-9/h1-4,9,15H,5-8H2. The van der Waals surface area contributed by atoms with E-state index < -0.39 is 0 Å². The number of nitrogens with zero attached hydrogens (tertiary/aromatic N) is 2. The average molecular weight is 263 g/mol. The summed E-state index contributed by atoms with van der Waals surface area (Å²) in [6, 6.07) is 7.39. The summed E-state index contributed by atoms with van der Waals surface area (Å²) in [4.78, 5) is 0. The van der Waals surface area contributed by atoms with E-state index in [0.29, 0.717) is 16.6 Å². The Balaban J connectivity index is 1.66. The maximum Gasteiger partial charge on any atom is 0.150 e. The van der Waals surface area contributed by atoms with Gasteiger partial charge in [0.1, 0.15) is 10.8 Å². The number of rotatable bonds is 5. The minimum absolute atomic E-state index is 0.240. The molecule has 1 aromatic carbocycles. The summed E-state index contributed by atoms with van der Waals surface area (Å²) >= 11 is 1.47. The maximum atomic E-state index is 13.6. The number of benzene rings is 1. The molecular weight excluding hydrogens is 249 g/mol. The molecule has 1 N–H and O–H groups in total. The Bertz CT molecular complexity index is 537. The van der Waals surface area contributed by atoms with Gasteiger partial charge in [0, 0.05) is 24.6 Å². The van der Waals surface area contributed by atoms with Crippen LogP contribution in [0.1, 0.15) is 17.8 Å². The van der Waals surface area contributed by atoms with E-state index in [2.05, 4.69) is 15.5 Å². The molecule has 1 fully saturated rings. The van der Waals surface area contributed by atoms with Crippen molar-refractivity contribution >= 4 is 11.3 Å². The third kappa shape index (κ3) is 2.73. The molecule has 1 aliphatic rings. The lowest BCUT2D eigenvalue weighted by Gasteiger charge is -1.98. The number of nitrogens with one attached hydrogen (secondary N) is 1. The van der Waals surface area contributed by atoms with E-state index in [1.54, 1.807) is 12.1 Å². The number of aromatic nitrogens is 2. The highest BCUT2D eigenvalue weighted by molar-refractivity contribution is 7.14. The van der Waals surface area contributed by atoms with E-state index in [-0.39, 0.29) is 5.82 Å². The van der Waals surface area contributed by atoms with Gasteiger partial charge in [0.2, 0.25) is 0 Å². The van der Waals surface area contributed by atoms with Crippen LogP contribution < -0.4 is 5.32 Å². The number of halogens is 1. The molecule has 1 heterocycles. The summed E-state index contributed by atoms with van der Waals surface area (Å²) in [6.45, 7) is 0.927. The van der Waals surface area contributed by atoms with Gasteiger partial charge in [0.15, 0.2) is 5.01 Å². The van der Waals surface area contributed by atoms with Crippen LogP contribution in [0.5, 0.6) is 0 Å². The van der Waals surface area contributed by atoms with Crippen LogP contribution in [0.15, 0.2) is 24.3 Å². The Kier molecular flexibility index (Phi) is 3.34. The van der Waals surface area contributed by atoms with Crippen LogP contribution in [-0.4, -0.2) is 22.8 Å². The topological polar surface area (TPSA) is 37.8 Å². The first-order chi connectivity index (χ1) is 8.83. The monoisotopic (exact) mass is 263 g/mol. The minimum atomic E-state index is -0.240. The highest BCUT2D eigenvalue weighted by atomic mass is 32.1. The van der Waals surface area contributed by atoms with Crippen LogP contribution in [-0.2, 0) is 6.42 Å². The van der Waals surface area contributed by atoms with Gasteiger partial charge in [-0.1, -0.05) is 23.5 Å². The molecule has 0 bridgehead atoms. The molecule has 1 aliphatic carbocycles. The molecule has 0 unspecified atom stereocenters. The summed E-state index contributed by atoms with van der Waals surface area (Å²) in [5.74, 6) is -0.240. The van der Waals surface area contributed by atoms with E-state index in [1.165, 1.54) is 30.2 Å². The lowest BCUT2D eigenvalue weighted by atomic mass is 10.2. The molecule has 3 rings (SSSR count). The smallest absolute Gasteiger partial charge is 0.150 e. The van der Waals surface area contributed by atoms with Crippen molar-refractivity contribution in [3.05, 3.63) is 35.1 Å². The summed E-state index contributed by atoms with van der Waals surface area (Å²) in [5.41, 5.74) is 0.538. The van der Waals surface area contributed by atoms with Gasteiger partial charge in [-0.25, -0.2) is 4.39 Å². The zero-order chi connectivity index (χ0) is 12.4. The SMILES string of the molecule is Fc1ccccc1-c1nnc(CCNC2CC2)s1. The van der Waals surface area contributed by atoms with Crippen LogP contribution in [0.25, 0.3) is 10.6 Å². The van der Waals surface area contributed by atoms with Gasteiger partial charge >= 0.3 is 0 Å². The van der Waals surface area contributed by atoms with Gasteiger partial charge in [-0.15, -0.1) is 10.2 Å². The Hall–Kier alpha value is -1.33. The van der Waals surface area contributed by atoms with Crippen molar-refractivity contribution in [2.45, 2.75) is 25.3 Å². The van der Waals surface area contributed by atoms with Crippen molar-refractivity contribution in [1.29, 1.82) is 0 Å². The lowest BCUT2D eigenvalue weighted by Crippen LogP contribution is -2.19. The largest absolute Gasteiger partial charge is 0.314 e. The summed E-state index contributed by atoms with van der Waals surface area (Å²) in [6.07, 6.45) is 3.44. The van der Waals surface area contributed by atoms with Crippen molar-refractivity contribution in [2.24, 2.45) is 0 Å². The van der Waals surface area contributed by atoms with Crippen molar-refractivity contribution in [1.82, 2.24) is 15.5 Å². The van der Waals surface area contributed by atoms with Gasteiger partial charge in [-0.3, -0.25) is 0 Å². The van der Waals surface area contributed by atoms with Crippen LogP contribution in [0.3, 0.4) is 0 Å². The van der Waals surface area contributed by atoms with E-state index >= 15 is 0 Å². The van der Waals surface area contributed by atoms with Gasteiger partial charge in [-0.2, -0.15) is 0 Å². The number of hydrogen-bond acceptors (Lipinski definition) is 4. The van der Waals surface area contributed by atoms with E-state index in [9.17, 15) is 4.39 Å². The third-order valence-corrected chi connectivity index (χ3v) is 3.94. The molecule has 2 aromatic rings. The molecule has 1 aromatic heterocycles. The second-order valence-electron chi connectivity index (χ2n) is 4.46. The molecule has 18 heavy (non-hydrogen) atoms. The van der Waals surface area contributed by atoms with Crippen LogP contribution in [0.4, 0.5) is 4.39 Å². The Labute approximate surface area is 109 Å². The van der Waals surface area contributed by atoms with E-state index in [4.69, 9.17) is 0 Å². The molecular formula is C13H14FN3S. The fourth-order valence-electron chi connectivity index (χ4n) is 1.77. The third-order valence-electron chi connectivity index (χ3n) is 2.92. The predicted molar refractivity (Wildman–Crippen MR) is 70.0 cm³/mol. The lowest BCUT2D eigenvalue weighted by molar-refractivity contribution is 0.631. The van der Waals surface area contributed by atoms with E-state index in [0.717, 1.165) is 18.0 Å². The van der Waals surface area contributed by atoms with Crippen molar-refractivity contribution in [3.8, 4) is 10.6 Å². The predicted octanol–water partition coefficient (Wildman–Crippen LogP) is 2.64. The highest BCUT2D eigenvalue weighted by Gasteiger charge is 2.20. The second kappa shape index (κ2) is 5.12.